The first-order valence-electron chi connectivity index (χ1n) is 5.88. The summed E-state index contributed by atoms with van der Waals surface area (Å²) in [4.78, 5) is 3.99. The van der Waals surface area contributed by atoms with Gasteiger partial charge in [-0.1, -0.05) is 12.1 Å². The van der Waals surface area contributed by atoms with Crippen LogP contribution in [0.1, 0.15) is 22.3 Å². The van der Waals surface area contributed by atoms with E-state index in [1.807, 2.05) is 26.0 Å². The van der Waals surface area contributed by atoms with Crippen LogP contribution in [0.5, 0.6) is 5.75 Å². The summed E-state index contributed by atoms with van der Waals surface area (Å²) in [5.41, 5.74) is 4.49. The lowest BCUT2D eigenvalue weighted by Gasteiger charge is -2.13. The number of hydrogen-bond donors (Lipinski definition) is 0. The van der Waals surface area contributed by atoms with Crippen LogP contribution in [0.25, 0.3) is 0 Å². The number of alkyl halides is 1. The van der Waals surface area contributed by atoms with E-state index in [4.69, 9.17) is 16.3 Å². The van der Waals surface area contributed by atoms with Crippen molar-refractivity contribution in [3.8, 4) is 5.75 Å². The highest BCUT2D eigenvalue weighted by Gasteiger charge is 2.06. The van der Waals surface area contributed by atoms with Crippen LogP contribution in [0.2, 0.25) is 0 Å². The maximum absolute atomic E-state index is 5.88. The molecule has 1 heterocycles. The number of pyridine rings is 1. The van der Waals surface area contributed by atoms with Gasteiger partial charge in [-0.25, -0.2) is 0 Å². The van der Waals surface area contributed by atoms with Gasteiger partial charge in [0.05, 0.1) is 0 Å². The first-order valence-corrected chi connectivity index (χ1v) is 6.42. The predicted octanol–water partition coefficient (Wildman–Crippen LogP) is 4.02. The van der Waals surface area contributed by atoms with E-state index in [1.165, 1.54) is 0 Å². The summed E-state index contributed by atoms with van der Waals surface area (Å²) < 4.78 is 5.88. The molecule has 0 fully saturated rings. The van der Waals surface area contributed by atoms with Crippen molar-refractivity contribution >= 4 is 11.6 Å². The molecule has 0 aliphatic rings. The van der Waals surface area contributed by atoms with Crippen LogP contribution in [0, 0.1) is 13.8 Å². The third kappa shape index (κ3) is 3.02. The third-order valence-corrected chi connectivity index (χ3v) is 3.12. The van der Waals surface area contributed by atoms with E-state index in [9.17, 15) is 0 Å². The summed E-state index contributed by atoms with van der Waals surface area (Å²) in [6.45, 7) is 4.65. The van der Waals surface area contributed by atoms with Crippen LogP contribution < -0.4 is 4.74 Å². The largest absolute Gasteiger partial charge is 0.488 e. The Morgan fingerprint density at radius 2 is 1.67 bits per heavy atom. The van der Waals surface area contributed by atoms with Crippen molar-refractivity contribution in [2.45, 2.75) is 26.3 Å². The van der Waals surface area contributed by atoms with Crippen molar-refractivity contribution in [2.75, 3.05) is 0 Å². The normalized spacial score (nSPS) is 10.4. The molecule has 3 heteroatoms. The minimum Gasteiger partial charge on any atom is -0.488 e. The molecular weight excluding hydrogens is 246 g/mol. The Balaban J connectivity index is 2.15. The molecule has 2 nitrogen and oxygen atoms in total. The zero-order valence-electron chi connectivity index (χ0n) is 10.6. The van der Waals surface area contributed by atoms with Crippen LogP contribution in [0.15, 0.2) is 36.7 Å². The molecule has 0 saturated heterocycles. The second-order valence-electron chi connectivity index (χ2n) is 4.34. The summed E-state index contributed by atoms with van der Waals surface area (Å²) in [7, 11) is 0. The molecule has 0 aliphatic heterocycles. The molecule has 0 aliphatic carbocycles. The number of ether oxygens (including phenoxy) is 1. The minimum absolute atomic E-state index is 0.534. The van der Waals surface area contributed by atoms with Crippen molar-refractivity contribution < 1.29 is 4.74 Å². The van der Waals surface area contributed by atoms with E-state index in [0.29, 0.717) is 12.5 Å². The van der Waals surface area contributed by atoms with E-state index >= 15 is 0 Å². The van der Waals surface area contributed by atoms with Gasteiger partial charge >= 0.3 is 0 Å². The highest BCUT2D eigenvalue weighted by molar-refractivity contribution is 6.17. The Morgan fingerprint density at radius 3 is 2.22 bits per heavy atom. The van der Waals surface area contributed by atoms with Crippen molar-refractivity contribution in [3.05, 3.63) is 58.9 Å². The monoisotopic (exact) mass is 261 g/mol. The molecule has 0 bridgehead atoms. The van der Waals surface area contributed by atoms with E-state index in [2.05, 4.69) is 17.1 Å². The van der Waals surface area contributed by atoms with Gasteiger partial charge in [0, 0.05) is 18.3 Å². The second kappa shape index (κ2) is 5.87. The SMILES string of the molecule is Cc1cc(CCl)cc(C)c1OCc1ccncc1. The summed E-state index contributed by atoms with van der Waals surface area (Å²) >= 11 is 5.85. The molecule has 0 amide bonds. The predicted molar refractivity (Wildman–Crippen MR) is 74.0 cm³/mol. The quantitative estimate of drug-likeness (QED) is 0.776. The van der Waals surface area contributed by atoms with Crippen molar-refractivity contribution in [2.24, 2.45) is 0 Å². The Morgan fingerprint density at radius 1 is 1.06 bits per heavy atom. The lowest BCUT2D eigenvalue weighted by molar-refractivity contribution is 0.302. The highest BCUT2D eigenvalue weighted by atomic mass is 35.5. The lowest BCUT2D eigenvalue weighted by atomic mass is 10.1. The van der Waals surface area contributed by atoms with Crippen molar-refractivity contribution in [1.82, 2.24) is 4.98 Å². The van der Waals surface area contributed by atoms with E-state index in [0.717, 1.165) is 28.0 Å². The molecule has 2 aromatic rings. The molecule has 0 radical (unpaired) electrons. The summed E-state index contributed by atoms with van der Waals surface area (Å²) in [5.74, 6) is 1.48. The van der Waals surface area contributed by atoms with Crippen LogP contribution in [0.4, 0.5) is 0 Å². The highest BCUT2D eigenvalue weighted by Crippen LogP contribution is 2.26. The molecule has 0 atom stereocenters. The van der Waals surface area contributed by atoms with Gasteiger partial charge in [0.15, 0.2) is 0 Å². The van der Waals surface area contributed by atoms with Crippen LogP contribution >= 0.6 is 11.6 Å². The first-order chi connectivity index (χ1) is 8.70. The minimum atomic E-state index is 0.534. The number of hydrogen-bond acceptors (Lipinski definition) is 2. The van der Waals surface area contributed by atoms with Gasteiger partial charge in [-0.3, -0.25) is 4.98 Å². The zero-order valence-corrected chi connectivity index (χ0v) is 11.4. The molecule has 0 saturated carbocycles. The van der Waals surface area contributed by atoms with Crippen LogP contribution in [0.3, 0.4) is 0 Å². The molecule has 0 N–H and O–H groups in total. The standard InChI is InChI=1S/C15H16ClNO/c1-11-7-14(9-16)8-12(2)15(11)18-10-13-3-5-17-6-4-13/h3-8H,9-10H2,1-2H3. The fourth-order valence-corrected chi connectivity index (χ4v) is 2.13. The Hall–Kier alpha value is -1.54. The Bertz CT molecular complexity index is 502. The molecule has 94 valence electrons. The first kappa shape index (κ1) is 12.9. The van der Waals surface area contributed by atoms with Crippen molar-refractivity contribution in [1.29, 1.82) is 0 Å². The molecule has 1 aromatic heterocycles. The summed E-state index contributed by atoms with van der Waals surface area (Å²) in [6, 6.07) is 8.05. The van der Waals surface area contributed by atoms with Crippen molar-refractivity contribution in [3.63, 3.8) is 0 Å². The number of aromatic nitrogens is 1. The van der Waals surface area contributed by atoms with Gasteiger partial charge in [-0.2, -0.15) is 0 Å². The Labute approximate surface area is 113 Å². The fourth-order valence-electron chi connectivity index (χ4n) is 1.98. The molecule has 2 rings (SSSR count). The molecule has 18 heavy (non-hydrogen) atoms. The topological polar surface area (TPSA) is 22.1 Å². The number of benzene rings is 1. The average molecular weight is 262 g/mol. The van der Waals surface area contributed by atoms with Gasteiger partial charge in [0.1, 0.15) is 12.4 Å². The zero-order chi connectivity index (χ0) is 13.0. The third-order valence-electron chi connectivity index (χ3n) is 2.81. The van der Waals surface area contributed by atoms with E-state index < -0.39 is 0 Å². The summed E-state index contributed by atoms with van der Waals surface area (Å²) in [5, 5.41) is 0. The van der Waals surface area contributed by atoms with Gasteiger partial charge in [0.25, 0.3) is 0 Å². The van der Waals surface area contributed by atoms with Crippen LogP contribution in [-0.2, 0) is 12.5 Å². The molecule has 0 spiro atoms. The van der Waals surface area contributed by atoms with E-state index in [-0.39, 0.29) is 0 Å². The maximum Gasteiger partial charge on any atom is 0.125 e. The smallest absolute Gasteiger partial charge is 0.125 e. The summed E-state index contributed by atoms with van der Waals surface area (Å²) in [6.07, 6.45) is 3.55. The van der Waals surface area contributed by atoms with Gasteiger partial charge < -0.3 is 4.74 Å². The van der Waals surface area contributed by atoms with Gasteiger partial charge in [-0.15, -0.1) is 11.6 Å². The maximum atomic E-state index is 5.88. The Kier molecular flexibility index (Phi) is 4.21. The molecule has 1 aromatic carbocycles. The number of aryl methyl sites for hydroxylation is 2. The number of nitrogens with zero attached hydrogens (tertiary/aromatic N) is 1. The van der Waals surface area contributed by atoms with E-state index in [1.54, 1.807) is 12.4 Å². The lowest BCUT2D eigenvalue weighted by Crippen LogP contribution is -2.00. The van der Waals surface area contributed by atoms with Gasteiger partial charge in [0.2, 0.25) is 0 Å². The average Bonchev–Trinajstić information content (AvgIpc) is 2.38. The number of halogens is 1. The molecule has 0 unspecified atom stereocenters. The fraction of sp³-hybridized carbons (Fsp3) is 0.267. The van der Waals surface area contributed by atoms with Crippen LogP contribution in [-0.4, -0.2) is 4.98 Å². The second-order valence-corrected chi connectivity index (χ2v) is 4.60. The van der Waals surface area contributed by atoms with Gasteiger partial charge in [-0.05, 0) is 48.2 Å². The molecular formula is C15H16ClNO. The number of rotatable bonds is 4.